The Morgan fingerprint density at radius 3 is 2.56 bits per heavy atom. The minimum absolute atomic E-state index is 0.170. The second kappa shape index (κ2) is 5.72. The van der Waals surface area contributed by atoms with Gasteiger partial charge in [0.15, 0.2) is 0 Å². The average molecular weight is 248 g/mol. The van der Waals surface area contributed by atoms with Crippen LogP contribution in [0.2, 0.25) is 0 Å². The van der Waals surface area contributed by atoms with Crippen molar-refractivity contribution in [3.05, 3.63) is 29.8 Å². The number of nitrogens with one attached hydrogen (secondary N) is 1. The Morgan fingerprint density at radius 1 is 1.28 bits per heavy atom. The molecule has 3 heteroatoms. The van der Waals surface area contributed by atoms with Crippen molar-refractivity contribution >= 4 is 5.69 Å². The summed E-state index contributed by atoms with van der Waals surface area (Å²) in [6.45, 7) is 7.46. The van der Waals surface area contributed by atoms with E-state index in [-0.39, 0.29) is 12.3 Å². The number of anilines is 1. The third-order valence-corrected chi connectivity index (χ3v) is 3.62. The lowest BCUT2D eigenvalue weighted by Crippen LogP contribution is -2.44. The van der Waals surface area contributed by atoms with Gasteiger partial charge in [0, 0.05) is 12.2 Å². The Kier molecular flexibility index (Phi) is 4.25. The van der Waals surface area contributed by atoms with Crippen LogP contribution >= 0.6 is 0 Å². The lowest BCUT2D eigenvalue weighted by Gasteiger charge is -2.36. The zero-order valence-corrected chi connectivity index (χ0v) is 11.5. The van der Waals surface area contributed by atoms with E-state index >= 15 is 0 Å². The molecule has 3 atom stereocenters. The monoisotopic (exact) mass is 248 g/mol. The fourth-order valence-electron chi connectivity index (χ4n) is 2.65. The molecule has 1 aromatic carbocycles. The number of nitrogen functional groups attached to an aromatic ring is 1. The number of ether oxygens (including phenoxy) is 1. The van der Waals surface area contributed by atoms with E-state index in [2.05, 4.69) is 38.2 Å². The van der Waals surface area contributed by atoms with Crippen molar-refractivity contribution in [2.24, 2.45) is 5.92 Å². The van der Waals surface area contributed by atoms with Gasteiger partial charge >= 0.3 is 0 Å². The molecule has 3 unspecified atom stereocenters. The van der Waals surface area contributed by atoms with Crippen LogP contribution in [0.3, 0.4) is 0 Å². The molecule has 3 nitrogen and oxygen atoms in total. The molecule has 1 heterocycles. The van der Waals surface area contributed by atoms with Gasteiger partial charge in [0.05, 0.1) is 6.10 Å². The molecule has 1 aliphatic heterocycles. The third-order valence-electron chi connectivity index (χ3n) is 3.62. The van der Waals surface area contributed by atoms with E-state index in [9.17, 15) is 0 Å². The summed E-state index contributed by atoms with van der Waals surface area (Å²) < 4.78 is 5.88. The van der Waals surface area contributed by atoms with Gasteiger partial charge in [-0.25, -0.2) is 0 Å². The highest BCUT2D eigenvalue weighted by Gasteiger charge is 2.29. The molecule has 3 N–H and O–H groups in total. The molecule has 18 heavy (non-hydrogen) atoms. The molecule has 1 aliphatic rings. The zero-order valence-electron chi connectivity index (χ0n) is 11.5. The highest BCUT2D eigenvalue weighted by molar-refractivity contribution is 5.40. The van der Waals surface area contributed by atoms with E-state index in [1.165, 1.54) is 5.56 Å². The standard InChI is InChI=1S/C15H24N2O/c1-10(2)18-15-8-14(11(3)9-17-15)12-4-6-13(16)7-5-12/h4-7,10-11,14-15,17H,8-9,16H2,1-3H3. The number of benzene rings is 1. The van der Waals surface area contributed by atoms with Crippen LogP contribution in [0.25, 0.3) is 0 Å². The first kappa shape index (κ1) is 13.4. The quantitative estimate of drug-likeness (QED) is 0.809. The lowest BCUT2D eigenvalue weighted by molar-refractivity contribution is -0.0376. The van der Waals surface area contributed by atoms with E-state index in [0.29, 0.717) is 11.8 Å². The summed E-state index contributed by atoms with van der Waals surface area (Å²) in [6.07, 6.45) is 1.47. The number of rotatable bonds is 3. The molecular formula is C15H24N2O. The first-order valence-electron chi connectivity index (χ1n) is 6.80. The van der Waals surface area contributed by atoms with Gasteiger partial charge in [-0.05, 0) is 49.8 Å². The molecule has 0 radical (unpaired) electrons. The first-order valence-corrected chi connectivity index (χ1v) is 6.80. The molecule has 0 aliphatic carbocycles. The van der Waals surface area contributed by atoms with Gasteiger partial charge in [-0.3, -0.25) is 5.32 Å². The van der Waals surface area contributed by atoms with Crippen molar-refractivity contribution in [2.75, 3.05) is 12.3 Å². The summed E-state index contributed by atoms with van der Waals surface area (Å²) in [7, 11) is 0. The Bertz CT molecular complexity index is 375. The Morgan fingerprint density at radius 2 is 1.94 bits per heavy atom. The minimum Gasteiger partial charge on any atom is -0.399 e. The van der Waals surface area contributed by atoms with Crippen molar-refractivity contribution in [3.8, 4) is 0 Å². The smallest absolute Gasteiger partial charge is 0.109 e. The minimum atomic E-state index is 0.170. The molecule has 1 aromatic rings. The van der Waals surface area contributed by atoms with Crippen LogP contribution in [0.5, 0.6) is 0 Å². The zero-order chi connectivity index (χ0) is 13.1. The molecule has 1 saturated heterocycles. The summed E-state index contributed by atoms with van der Waals surface area (Å²) in [6, 6.07) is 8.27. The number of piperidine rings is 1. The van der Waals surface area contributed by atoms with Crippen LogP contribution in [-0.2, 0) is 4.74 Å². The SMILES string of the molecule is CC(C)OC1CC(c2ccc(N)cc2)C(C)CN1. The second-order valence-electron chi connectivity index (χ2n) is 5.57. The van der Waals surface area contributed by atoms with Crippen LogP contribution in [0.15, 0.2) is 24.3 Å². The van der Waals surface area contributed by atoms with Crippen molar-refractivity contribution in [2.45, 2.75) is 45.4 Å². The Hall–Kier alpha value is -1.06. The van der Waals surface area contributed by atoms with Gasteiger partial charge < -0.3 is 10.5 Å². The van der Waals surface area contributed by atoms with Crippen LogP contribution < -0.4 is 11.1 Å². The van der Waals surface area contributed by atoms with Gasteiger partial charge in [-0.1, -0.05) is 19.1 Å². The van der Waals surface area contributed by atoms with Crippen molar-refractivity contribution in [3.63, 3.8) is 0 Å². The lowest BCUT2D eigenvalue weighted by atomic mass is 9.81. The number of hydrogen-bond donors (Lipinski definition) is 2. The van der Waals surface area contributed by atoms with Crippen molar-refractivity contribution in [1.29, 1.82) is 0 Å². The van der Waals surface area contributed by atoms with Crippen LogP contribution in [0, 0.1) is 5.92 Å². The predicted octanol–water partition coefficient (Wildman–Crippen LogP) is 2.73. The molecule has 0 amide bonds. The molecule has 1 fully saturated rings. The Balaban J connectivity index is 2.07. The van der Waals surface area contributed by atoms with Gasteiger partial charge in [0.2, 0.25) is 0 Å². The third kappa shape index (κ3) is 3.24. The maximum absolute atomic E-state index is 5.88. The summed E-state index contributed by atoms with van der Waals surface area (Å²) >= 11 is 0. The molecule has 0 aromatic heterocycles. The fourth-order valence-corrected chi connectivity index (χ4v) is 2.65. The molecule has 0 bridgehead atoms. The molecular weight excluding hydrogens is 224 g/mol. The largest absolute Gasteiger partial charge is 0.399 e. The van der Waals surface area contributed by atoms with Gasteiger partial charge in [-0.15, -0.1) is 0 Å². The van der Waals surface area contributed by atoms with Gasteiger partial charge in [0.1, 0.15) is 6.23 Å². The highest BCUT2D eigenvalue weighted by atomic mass is 16.5. The Labute approximate surface area is 110 Å². The van der Waals surface area contributed by atoms with Crippen LogP contribution in [0.1, 0.15) is 38.7 Å². The number of nitrogens with two attached hydrogens (primary N) is 1. The predicted molar refractivity (Wildman–Crippen MR) is 75.4 cm³/mol. The van der Waals surface area contributed by atoms with E-state index in [4.69, 9.17) is 10.5 Å². The van der Waals surface area contributed by atoms with Gasteiger partial charge in [0.25, 0.3) is 0 Å². The van der Waals surface area contributed by atoms with Crippen molar-refractivity contribution in [1.82, 2.24) is 5.32 Å². The second-order valence-corrected chi connectivity index (χ2v) is 5.57. The highest BCUT2D eigenvalue weighted by Crippen LogP contribution is 2.33. The topological polar surface area (TPSA) is 47.3 Å². The molecule has 0 saturated carbocycles. The van der Waals surface area contributed by atoms with Crippen molar-refractivity contribution < 1.29 is 4.74 Å². The van der Waals surface area contributed by atoms with E-state index < -0.39 is 0 Å². The van der Waals surface area contributed by atoms with E-state index in [1.54, 1.807) is 0 Å². The summed E-state index contributed by atoms with van der Waals surface area (Å²) in [5.74, 6) is 1.18. The van der Waals surface area contributed by atoms with Gasteiger partial charge in [-0.2, -0.15) is 0 Å². The number of hydrogen-bond acceptors (Lipinski definition) is 3. The first-order chi connectivity index (χ1) is 8.56. The maximum atomic E-state index is 5.88. The van der Waals surface area contributed by atoms with E-state index in [1.807, 2.05) is 12.1 Å². The van der Waals surface area contributed by atoms with Crippen LogP contribution in [0.4, 0.5) is 5.69 Å². The molecule has 2 rings (SSSR count). The fraction of sp³-hybridized carbons (Fsp3) is 0.600. The molecule has 0 spiro atoms. The molecule has 100 valence electrons. The normalized spacial score (nSPS) is 28.6. The summed E-state index contributed by atoms with van der Waals surface area (Å²) in [4.78, 5) is 0. The average Bonchev–Trinajstić information content (AvgIpc) is 2.32. The summed E-state index contributed by atoms with van der Waals surface area (Å²) in [5, 5.41) is 3.46. The van der Waals surface area contributed by atoms with Crippen LogP contribution in [-0.4, -0.2) is 18.9 Å². The van der Waals surface area contributed by atoms with E-state index in [0.717, 1.165) is 18.7 Å². The maximum Gasteiger partial charge on any atom is 0.109 e. The summed E-state index contributed by atoms with van der Waals surface area (Å²) in [5.41, 5.74) is 7.95.